The van der Waals surface area contributed by atoms with Gasteiger partial charge in [0.1, 0.15) is 11.2 Å². The number of rotatable bonds is 5. The molecule has 4 heterocycles. The van der Waals surface area contributed by atoms with Crippen LogP contribution in [0, 0.1) is 6.92 Å². The Morgan fingerprint density at radius 3 is 2.96 bits per heavy atom. The maximum Gasteiger partial charge on any atom is 0.264 e. The monoisotopic (exact) mass is 396 g/mol. The second kappa shape index (κ2) is 7.93. The van der Waals surface area contributed by atoms with Crippen LogP contribution >= 0.6 is 11.3 Å². The van der Waals surface area contributed by atoms with E-state index < -0.39 is 0 Å². The zero-order valence-electron chi connectivity index (χ0n) is 16.4. The van der Waals surface area contributed by atoms with Crippen molar-refractivity contribution in [1.82, 2.24) is 19.9 Å². The molecule has 0 spiro atoms. The highest BCUT2D eigenvalue weighted by Gasteiger charge is 2.26. The fourth-order valence-electron chi connectivity index (χ4n) is 3.70. The summed E-state index contributed by atoms with van der Waals surface area (Å²) < 4.78 is 5.54. The molecule has 28 heavy (non-hydrogen) atoms. The molecule has 0 aliphatic carbocycles. The average Bonchev–Trinajstić information content (AvgIpc) is 3.36. The van der Waals surface area contributed by atoms with Crippen LogP contribution in [0.3, 0.4) is 0 Å². The van der Waals surface area contributed by atoms with E-state index in [0.29, 0.717) is 13.2 Å². The molecule has 1 atom stereocenters. The summed E-state index contributed by atoms with van der Waals surface area (Å²) in [7, 11) is 1.84. The number of carbonyl (C=O) groups excluding carboxylic acids is 1. The number of carbonyl (C=O) groups is 1. The summed E-state index contributed by atoms with van der Waals surface area (Å²) in [5.74, 6) is 0.299. The van der Waals surface area contributed by atoms with E-state index in [0.717, 1.165) is 57.1 Å². The van der Waals surface area contributed by atoms with Crippen LogP contribution in [-0.4, -0.2) is 46.0 Å². The lowest BCUT2D eigenvalue weighted by atomic mass is 9.99. The zero-order chi connectivity index (χ0) is 19.7. The SMILES string of the molecule is CCc1cc(CN(C)C(=O)c2sc3ncnc(C4CCOC4)c3c2C)ccn1. The van der Waals surface area contributed by atoms with Gasteiger partial charge in [0.05, 0.1) is 17.2 Å². The van der Waals surface area contributed by atoms with Crippen molar-refractivity contribution in [1.29, 1.82) is 0 Å². The molecule has 1 saturated heterocycles. The van der Waals surface area contributed by atoms with Gasteiger partial charge in [0, 0.05) is 43.4 Å². The maximum atomic E-state index is 13.2. The smallest absolute Gasteiger partial charge is 0.264 e. The predicted molar refractivity (Wildman–Crippen MR) is 110 cm³/mol. The van der Waals surface area contributed by atoms with E-state index in [4.69, 9.17) is 4.74 Å². The number of pyridine rings is 1. The highest BCUT2D eigenvalue weighted by Crippen LogP contribution is 2.36. The van der Waals surface area contributed by atoms with Crippen molar-refractivity contribution in [2.45, 2.75) is 39.2 Å². The average molecular weight is 397 g/mol. The first-order valence-electron chi connectivity index (χ1n) is 9.59. The molecule has 0 N–H and O–H groups in total. The van der Waals surface area contributed by atoms with Gasteiger partial charge >= 0.3 is 0 Å². The summed E-state index contributed by atoms with van der Waals surface area (Å²) in [6.07, 6.45) is 5.26. The van der Waals surface area contributed by atoms with Crippen LogP contribution in [0.4, 0.5) is 0 Å². The number of fused-ring (bicyclic) bond motifs is 1. The number of hydrogen-bond acceptors (Lipinski definition) is 6. The van der Waals surface area contributed by atoms with Crippen molar-refractivity contribution >= 4 is 27.5 Å². The maximum absolute atomic E-state index is 13.2. The molecule has 7 heteroatoms. The van der Waals surface area contributed by atoms with Crippen LogP contribution in [0.5, 0.6) is 0 Å². The number of aromatic nitrogens is 3. The number of nitrogens with zero attached hydrogens (tertiary/aromatic N) is 4. The lowest BCUT2D eigenvalue weighted by Gasteiger charge is -2.17. The molecule has 3 aromatic heterocycles. The summed E-state index contributed by atoms with van der Waals surface area (Å²) in [6, 6.07) is 4.02. The van der Waals surface area contributed by atoms with E-state index in [9.17, 15) is 4.79 Å². The van der Waals surface area contributed by atoms with Gasteiger partial charge in [0.15, 0.2) is 0 Å². The molecule has 0 saturated carbocycles. The van der Waals surface area contributed by atoms with Crippen LogP contribution in [0.15, 0.2) is 24.7 Å². The molecular weight excluding hydrogens is 372 g/mol. The van der Waals surface area contributed by atoms with E-state index in [-0.39, 0.29) is 11.8 Å². The van der Waals surface area contributed by atoms with Crippen molar-refractivity contribution in [3.05, 3.63) is 52.0 Å². The van der Waals surface area contributed by atoms with E-state index in [1.165, 1.54) is 11.3 Å². The normalized spacial score (nSPS) is 16.6. The Kier molecular flexibility index (Phi) is 5.37. The standard InChI is InChI=1S/C21H24N4O2S/c1-4-16-9-14(5-7-22-16)10-25(3)21(26)19-13(2)17-18(15-6-8-27-11-15)23-12-24-20(17)28-19/h5,7,9,12,15H,4,6,8,10-11H2,1-3H3. The molecule has 1 unspecified atom stereocenters. The second-order valence-electron chi connectivity index (χ2n) is 7.23. The molecule has 3 aromatic rings. The summed E-state index contributed by atoms with van der Waals surface area (Å²) in [5, 5.41) is 1.02. The molecule has 1 aliphatic heterocycles. The van der Waals surface area contributed by atoms with E-state index in [1.807, 2.05) is 26.2 Å². The molecule has 0 aromatic carbocycles. The molecule has 1 aliphatic rings. The predicted octanol–water partition coefficient (Wildman–Crippen LogP) is 3.73. The highest BCUT2D eigenvalue weighted by molar-refractivity contribution is 7.20. The number of thiophene rings is 1. The second-order valence-corrected chi connectivity index (χ2v) is 8.23. The minimum Gasteiger partial charge on any atom is -0.381 e. The van der Waals surface area contributed by atoms with Gasteiger partial charge in [-0.25, -0.2) is 9.97 Å². The van der Waals surface area contributed by atoms with Crippen LogP contribution in [0.2, 0.25) is 0 Å². The Hall–Kier alpha value is -2.38. The summed E-state index contributed by atoms with van der Waals surface area (Å²) >= 11 is 1.46. The fraction of sp³-hybridized carbons (Fsp3) is 0.429. The molecular formula is C21H24N4O2S. The first-order chi connectivity index (χ1) is 13.6. The van der Waals surface area contributed by atoms with Gasteiger partial charge < -0.3 is 9.64 Å². The van der Waals surface area contributed by atoms with Gasteiger partial charge in [0.25, 0.3) is 5.91 Å². The minimum absolute atomic E-state index is 0.0176. The topological polar surface area (TPSA) is 68.2 Å². The molecule has 146 valence electrons. The van der Waals surface area contributed by atoms with Crippen molar-refractivity contribution in [2.75, 3.05) is 20.3 Å². The number of ether oxygens (including phenoxy) is 1. The van der Waals surface area contributed by atoms with Gasteiger partial charge in [-0.05, 0) is 43.0 Å². The number of aryl methyl sites for hydroxylation is 2. The molecule has 0 radical (unpaired) electrons. The Labute approximate surface area is 168 Å². The van der Waals surface area contributed by atoms with Gasteiger partial charge in [-0.15, -0.1) is 11.3 Å². The summed E-state index contributed by atoms with van der Waals surface area (Å²) in [4.78, 5) is 29.9. The molecule has 6 nitrogen and oxygen atoms in total. The Bertz CT molecular complexity index is 1010. The molecule has 0 bridgehead atoms. The minimum atomic E-state index is 0.0176. The van der Waals surface area contributed by atoms with Crippen LogP contribution in [-0.2, 0) is 17.7 Å². The third kappa shape index (κ3) is 3.52. The van der Waals surface area contributed by atoms with Gasteiger partial charge in [-0.1, -0.05) is 6.92 Å². The molecule has 4 rings (SSSR count). The van der Waals surface area contributed by atoms with Crippen molar-refractivity contribution < 1.29 is 9.53 Å². The van der Waals surface area contributed by atoms with Crippen molar-refractivity contribution in [3.63, 3.8) is 0 Å². The van der Waals surface area contributed by atoms with E-state index in [1.54, 1.807) is 11.2 Å². The lowest BCUT2D eigenvalue weighted by molar-refractivity contribution is 0.0789. The van der Waals surface area contributed by atoms with Gasteiger partial charge in [-0.2, -0.15) is 0 Å². The number of amides is 1. The van der Waals surface area contributed by atoms with Crippen LogP contribution < -0.4 is 0 Å². The molecule has 1 amide bonds. The van der Waals surface area contributed by atoms with E-state index in [2.05, 4.69) is 27.9 Å². The van der Waals surface area contributed by atoms with Crippen LogP contribution in [0.25, 0.3) is 10.2 Å². The fourth-order valence-corrected chi connectivity index (χ4v) is 4.85. The van der Waals surface area contributed by atoms with Gasteiger partial charge in [-0.3, -0.25) is 9.78 Å². The Morgan fingerprint density at radius 1 is 1.36 bits per heavy atom. The van der Waals surface area contributed by atoms with Crippen molar-refractivity contribution in [2.24, 2.45) is 0 Å². The third-order valence-corrected chi connectivity index (χ3v) is 6.46. The quantitative estimate of drug-likeness (QED) is 0.657. The summed E-state index contributed by atoms with van der Waals surface area (Å²) in [5.41, 5.74) is 4.11. The summed E-state index contributed by atoms with van der Waals surface area (Å²) in [6.45, 7) is 6.09. The zero-order valence-corrected chi connectivity index (χ0v) is 17.3. The van der Waals surface area contributed by atoms with Crippen molar-refractivity contribution in [3.8, 4) is 0 Å². The van der Waals surface area contributed by atoms with Crippen LogP contribution in [0.1, 0.15) is 51.4 Å². The lowest BCUT2D eigenvalue weighted by Crippen LogP contribution is -2.26. The largest absolute Gasteiger partial charge is 0.381 e. The third-order valence-electron chi connectivity index (χ3n) is 5.28. The highest BCUT2D eigenvalue weighted by atomic mass is 32.1. The molecule has 1 fully saturated rings. The van der Waals surface area contributed by atoms with Gasteiger partial charge in [0.2, 0.25) is 0 Å². The first kappa shape index (κ1) is 19.0. The first-order valence-corrected chi connectivity index (χ1v) is 10.4. The Morgan fingerprint density at radius 2 is 2.21 bits per heavy atom. The number of hydrogen-bond donors (Lipinski definition) is 0. The van der Waals surface area contributed by atoms with E-state index >= 15 is 0 Å². The Balaban J connectivity index is 1.63.